The largest absolute Gasteiger partial charge is 0.494 e. The highest BCUT2D eigenvalue weighted by atomic mass is 35.5. The van der Waals surface area contributed by atoms with Crippen molar-refractivity contribution in [3.63, 3.8) is 0 Å². The van der Waals surface area contributed by atoms with E-state index in [9.17, 15) is 5.11 Å². The Kier molecular flexibility index (Phi) is 5.06. The molecule has 0 spiro atoms. The maximum atomic E-state index is 10.8. The summed E-state index contributed by atoms with van der Waals surface area (Å²) in [6.07, 6.45) is 3.67. The number of halogens is 1. The zero-order valence-corrected chi connectivity index (χ0v) is 17.3. The Balaban J connectivity index is 1.41. The van der Waals surface area contributed by atoms with Crippen LogP contribution in [0.5, 0.6) is 17.4 Å². The van der Waals surface area contributed by atoms with Crippen molar-refractivity contribution in [1.82, 2.24) is 9.55 Å². The molecular formula is C26H19ClN2O2. The van der Waals surface area contributed by atoms with Gasteiger partial charge in [0.05, 0.1) is 22.6 Å². The number of hydrogen-bond acceptors (Lipinski definition) is 3. The zero-order valence-electron chi connectivity index (χ0n) is 16.6. The van der Waals surface area contributed by atoms with E-state index in [-0.39, 0.29) is 5.88 Å². The standard InChI is InChI=1S/C26H19ClN2O2/c27-23-15-19(24-8-4-5-13-28-24)14-20-17-29(26(30)25(20)23)16-18-9-11-22(12-10-18)31-21-6-2-1-3-7-21/h1-15,17,30H,16H2. The summed E-state index contributed by atoms with van der Waals surface area (Å²) in [5, 5.41) is 12.8. The van der Waals surface area contributed by atoms with Crippen LogP contribution in [0.3, 0.4) is 0 Å². The van der Waals surface area contributed by atoms with Crippen LogP contribution >= 0.6 is 11.6 Å². The fraction of sp³-hybridized carbons (Fsp3) is 0.0385. The van der Waals surface area contributed by atoms with Crippen molar-refractivity contribution in [2.45, 2.75) is 6.54 Å². The van der Waals surface area contributed by atoms with Gasteiger partial charge in [-0.2, -0.15) is 0 Å². The summed E-state index contributed by atoms with van der Waals surface area (Å²) in [5.41, 5.74) is 2.79. The lowest BCUT2D eigenvalue weighted by Crippen LogP contribution is -1.97. The van der Waals surface area contributed by atoms with E-state index in [1.54, 1.807) is 10.8 Å². The van der Waals surface area contributed by atoms with E-state index in [1.807, 2.05) is 91.1 Å². The molecule has 4 nitrogen and oxygen atoms in total. The highest BCUT2D eigenvalue weighted by molar-refractivity contribution is 6.36. The van der Waals surface area contributed by atoms with Crippen LogP contribution in [-0.4, -0.2) is 14.7 Å². The molecule has 1 N–H and O–H groups in total. The van der Waals surface area contributed by atoms with Crippen LogP contribution in [0.4, 0.5) is 0 Å². The lowest BCUT2D eigenvalue weighted by molar-refractivity contribution is 0.430. The number of rotatable bonds is 5. The fourth-order valence-corrected chi connectivity index (χ4v) is 3.94. The fourth-order valence-electron chi connectivity index (χ4n) is 3.62. The molecule has 3 aromatic carbocycles. The molecule has 31 heavy (non-hydrogen) atoms. The smallest absolute Gasteiger partial charge is 0.200 e. The molecule has 5 heteroatoms. The van der Waals surface area contributed by atoms with E-state index >= 15 is 0 Å². The number of benzene rings is 3. The predicted octanol–water partition coefficient (Wildman–Crippen LogP) is 6.90. The molecule has 0 fully saturated rings. The van der Waals surface area contributed by atoms with Gasteiger partial charge in [0.25, 0.3) is 0 Å². The Morgan fingerprint density at radius 3 is 2.35 bits per heavy atom. The van der Waals surface area contributed by atoms with Gasteiger partial charge >= 0.3 is 0 Å². The number of hydrogen-bond donors (Lipinski definition) is 1. The summed E-state index contributed by atoms with van der Waals surface area (Å²) >= 11 is 6.51. The zero-order chi connectivity index (χ0) is 21.2. The van der Waals surface area contributed by atoms with Gasteiger partial charge in [0.15, 0.2) is 0 Å². The molecule has 0 aliphatic rings. The number of para-hydroxylation sites is 1. The van der Waals surface area contributed by atoms with Gasteiger partial charge in [-0.3, -0.25) is 4.98 Å². The van der Waals surface area contributed by atoms with Crippen LogP contribution in [0.25, 0.3) is 22.0 Å². The lowest BCUT2D eigenvalue weighted by Gasteiger charge is -2.08. The highest BCUT2D eigenvalue weighted by Crippen LogP contribution is 2.37. The Labute approximate surface area is 184 Å². The molecule has 0 atom stereocenters. The van der Waals surface area contributed by atoms with E-state index in [2.05, 4.69) is 4.98 Å². The topological polar surface area (TPSA) is 47.3 Å². The number of aromatic nitrogens is 2. The van der Waals surface area contributed by atoms with Crippen LogP contribution in [-0.2, 0) is 6.54 Å². The van der Waals surface area contributed by atoms with Crippen LogP contribution < -0.4 is 4.74 Å². The van der Waals surface area contributed by atoms with Gasteiger partial charge in [0, 0.05) is 23.3 Å². The van der Waals surface area contributed by atoms with E-state index in [4.69, 9.17) is 16.3 Å². The molecule has 2 heterocycles. The van der Waals surface area contributed by atoms with Gasteiger partial charge in [-0.25, -0.2) is 0 Å². The summed E-state index contributed by atoms with van der Waals surface area (Å²) in [5.74, 6) is 1.71. The molecular weight excluding hydrogens is 408 g/mol. The van der Waals surface area contributed by atoms with Crippen molar-refractivity contribution in [3.05, 3.63) is 108 Å². The molecule has 2 aromatic heterocycles. The first kappa shape index (κ1) is 19.2. The minimum Gasteiger partial charge on any atom is -0.494 e. The monoisotopic (exact) mass is 426 g/mol. The average Bonchev–Trinajstić information content (AvgIpc) is 3.12. The molecule has 0 unspecified atom stereocenters. The second-order valence-electron chi connectivity index (χ2n) is 7.28. The minimum absolute atomic E-state index is 0.150. The van der Waals surface area contributed by atoms with Crippen molar-refractivity contribution < 1.29 is 9.84 Å². The van der Waals surface area contributed by atoms with Gasteiger partial charge in [-0.1, -0.05) is 48.0 Å². The quantitative estimate of drug-likeness (QED) is 0.332. The van der Waals surface area contributed by atoms with Gasteiger partial charge in [-0.15, -0.1) is 0 Å². The predicted molar refractivity (Wildman–Crippen MR) is 124 cm³/mol. The Morgan fingerprint density at radius 2 is 1.61 bits per heavy atom. The number of pyridine rings is 1. The van der Waals surface area contributed by atoms with Crippen LogP contribution in [0.15, 0.2) is 97.3 Å². The van der Waals surface area contributed by atoms with Crippen molar-refractivity contribution in [2.24, 2.45) is 0 Å². The van der Waals surface area contributed by atoms with E-state index in [0.29, 0.717) is 17.0 Å². The third kappa shape index (κ3) is 3.98. The third-order valence-corrected chi connectivity index (χ3v) is 5.43. The highest BCUT2D eigenvalue weighted by Gasteiger charge is 2.14. The molecule has 0 amide bonds. The molecule has 0 aliphatic carbocycles. The molecule has 0 bridgehead atoms. The van der Waals surface area contributed by atoms with Crippen molar-refractivity contribution in [3.8, 4) is 28.6 Å². The summed E-state index contributed by atoms with van der Waals surface area (Å²) in [4.78, 5) is 4.39. The lowest BCUT2D eigenvalue weighted by atomic mass is 10.1. The first-order valence-corrected chi connectivity index (χ1v) is 10.3. The molecule has 5 rings (SSSR count). The van der Waals surface area contributed by atoms with Crippen molar-refractivity contribution in [1.29, 1.82) is 0 Å². The number of nitrogens with zero attached hydrogens (tertiary/aromatic N) is 2. The normalized spacial score (nSPS) is 11.0. The molecule has 0 saturated carbocycles. The van der Waals surface area contributed by atoms with Gasteiger partial charge in [-0.05, 0) is 54.1 Å². The van der Waals surface area contributed by atoms with Crippen LogP contribution in [0.2, 0.25) is 5.02 Å². The van der Waals surface area contributed by atoms with E-state index in [0.717, 1.165) is 33.7 Å². The Bertz CT molecular complexity index is 1330. The maximum absolute atomic E-state index is 10.8. The second-order valence-corrected chi connectivity index (χ2v) is 7.68. The first-order chi connectivity index (χ1) is 15.2. The third-order valence-electron chi connectivity index (χ3n) is 5.13. The Hall–Kier alpha value is -3.76. The summed E-state index contributed by atoms with van der Waals surface area (Å²) in [6.45, 7) is 0.515. The first-order valence-electron chi connectivity index (χ1n) is 9.92. The van der Waals surface area contributed by atoms with Crippen molar-refractivity contribution >= 4 is 22.4 Å². The van der Waals surface area contributed by atoms with Gasteiger partial charge in [0.1, 0.15) is 11.5 Å². The molecule has 152 valence electrons. The van der Waals surface area contributed by atoms with Crippen LogP contribution in [0.1, 0.15) is 5.56 Å². The number of aromatic hydroxyl groups is 1. The molecule has 5 aromatic rings. The van der Waals surface area contributed by atoms with Crippen LogP contribution in [0, 0.1) is 0 Å². The SMILES string of the molecule is Oc1c2c(Cl)cc(-c3ccccn3)cc2cn1Cc1ccc(Oc2ccccc2)cc1. The van der Waals surface area contributed by atoms with E-state index < -0.39 is 0 Å². The molecule has 0 radical (unpaired) electrons. The maximum Gasteiger partial charge on any atom is 0.200 e. The summed E-state index contributed by atoms with van der Waals surface area (Å²) in [7, 11) is 0. The second kappa shape index (κ2) is 8.17. The van der Waals surface area contributed by atoms with Gasteiger partial charge in [0.2, 0.25) is 5.88 Å². The van der Waals surface area contributed by atoms with E-state index in [1.165, 1.54) is 0 Å². The minimum atomic E-state index is 0.150. The molecule has 0 saturated heterocycles. The molecule has 0 aliphatic heterocycles. The van der Waals surface area contributed by atoms with Crippen molar-refractivity contribution in [2.75, 3.05) is 0 Å². The Morgan fingerprint density at radius 1 is 0.871 bits per heavy atom. The number of ether oxygens (including phenoxy) is 1. The summed E-state index contributed by atoms with van der Waals surface area (Å²) < 4.78 is 7.64. The van der Waals surface area contributed by atoms with Gasteiger partial charge < -0.3 is 14.4 Å². The summed E-state index contributed by atoms with van der Waals surface area (Å²) in [6, 6.07) is 27.1. The average molecular weight is 427 g/mol. The number of fused-ring (bicyclic) bond motifs is 1.